The molecular formula is C22H16N4O3. The van der Waals surface area contributed by atoms with Crippen LogP contribution in [0.3, 0.4) is 0 Å². The van der Waals surface area contributed by atoms with Crippen molar-refractivity contribution < 1.29 is 9.72 Å². The van der Waals surface area contributed by atoms with Crippen LogP contribution in [0.15, 0.2) is 78.9 Å². The van der Waals surface area contributed by atoms with Crippen LogP contribution in [0.1, 0.15) is 21.7 Å². The number of hydrogen-bond acceptors (Lipinski definition) is 4. The molecule has 1 amide bonds. The Labute approximate surface area is 165 Å². The molecule has 4 rings (SSSR count). The number of imidazole rings is 1. The van der Waals surface area contributed by atoms with E-state index < -0.39 is 4.92 Å². The Bertz CT molecular complexity index is 1200. The summed E-state index contributed by atoms with van der Waals surface area (Å²) < 4.78 is 0. The number of aromatic nitrogens is 2. The van der Waals surface area contributed by atoms with Gasteiger partial charge in [-0.3, -0.25) is 14.9 Å². The van der Waals surface area contributed by atoms with Crippen molar-refractivity contribution in [2.24, 2.45) is 0 Å². The Morgan fingerprint density at radius 1 is 0.966 bits per heavy atom. The lowest BCUT2D eigenvalue weighted by Gasteiger charge is -2.08. The maximum atomic E-state index is 12.7. The first kappa shape index (κ1) is 18.1. The third kappa shape index (κ3) is 3.89. The summed E-state index contributed by atoms with van der Waals surface area (Å²) in [7, 11) is 0. The molecular weight excluding hydrogens is 368 g/mol. The average molecular weight is 384 g/mol. The van der Waals surface area contributed by atoms with E-state index in [9.17, 15) is 14.9 Å². The highest BCUT2D eigenvalue weighted by Gasteiger charge is 2.16. The van der Waals surface area contributed by atoms with Gasteiger partial charge in [0, 0.05) is 11.6 Å². The first-order valence-electron chi connectivity index (χ1n) is 8.88. The minimum Gasteiger partial charge on any atom is -0.337 e. The zero-order valence-electron chi connectivity index (χ0n) is 15.2. The van der Waals surface area contributed by atoms with Gasteiger partial charge in [0.1, 0.15) is 0 Å². The Balaban J connectivity index is 1.81. The van der Waals surface area contributed by atoms with Crippen LogP contribution in [0.5, 0.6) is 0 Å². The molecule has 142 valence electrons. The van der Waals surface area contributed by atoms with Crippen LogP contribution in [-0.4, -0.2) is 20.8 Å². The quantitative estimate of drug-likeness (QED) is 0.393. The van der Waals surface area contributed by atoms with E-state index in [0.717, 1.165) is 11.0 Å². The highest BCUT2D eigenvalue weighted by molar-refractivity contribution is 6.02. The number of rotatable bonds is 5. The zero-order valence-corrected chi connectivity index (χ0v) is 15.2. The molecule has 0 aliphatic rings. The molecule has 3 aromatic carbocycles. The fraction of sp³-hybridized carbons (Fsp3) is 0. The van der Waals surface area contributed by atoms with Crippen LogP contribution in [0, 0.1) is 10.1 Å². The zero-order chi connectivity index (χ0) is 20.2. The van der Waals surface area contributed by atoms with Gasteiger partial charge in [0.2, 0.25) is 0 Å². The van der Waals surface area contributed by atoms with Gasteiger partial charge in [0.25, 0.3) is 11.6 Å². The third-order valence-electron chi connectivity index (χ3n) is 4.36. The lowest BCUT2D eigenvalue weighted by molar-refractivity contribution is -0.385. The second kappa shape index (κ2) is 7.77. The fourth-order valence-electron chi connectivity index (χ4n) is 2.96. The molecule has 0 spiro atoms. The first-order chi connectivity index (χ1) is 14.1. The monoisotopic (exact) mass is 384 g/mol. The predicted octanol–water partition coefficient (Wildman–Crippen LogP) is 4.40. The van der Waals surface area contributed by atoms with Crippen molar-refractivity contribution >= 4 is 34.4 Å². The van der Waals surface area contributed by atoms with Crippen LogP contribution in [0.25, 0.3) is 22.8 Å². The number of nitrogens with one attached hydrogen (secondary N) is 2. The van der Waals surface area contributed by atoms with Gasteiger partial charge in [0.05, 0.1) is 27.2 Å². The molecule has 0 bridgehead atoms. The number of carbonyl (C=O) groups is 1. The minimum atomic E-state index is -0.457. The topological polar surface area (TPSA) is 101 Å². The second-order valence-electron chi connectivity index (χ2n) is 6.30. The van der Waals surface area contributed by atoms with Gasteiger partial charge >= 0.3 is 0 Å². The first-order valence-corrected chi connectivity index (χ1v) is 8.88. The number of amides is 1. The van der Waals surface area contributed by atoms with Gasteiger partial charge in [-0.1, -0.05) is 42.5 Å². The molecule has 0 atom stereocenters. The standard InChI is InChI=1S/C22H16N4O3/c27-22(15-8-2-1-3-9-15)25-19(14-16-10-4-7-13-20(16)26(28)29)21-23-17-11-5-6-12-18(17)24-21/h1-14H,(H,23,24)(H,25,27)/b19-14-. The highest BCUT2D eigenvalue weighted by Crippen LogP contribution is 2.24. The van der Waals surface area contributed by atoms with E-state index in [2.05, 4.69) is 15.3 Å². The van der Waals surface area contributed by atoms with Gasteiger partial charge in [-0.05, 0) is 36.4 Å². The van der Waals surface area contributed by atoms with Gasteiger partial charge in [-0.25, -0.2) is 4.98 Å². The molecule has 7 heteroatoms. The Morgan fingerprint density at radius 2 is 1.66 bits per heavy atom. The van der Waals surface area contributed by atoms with Crippen LogP contribution in [-0.2, 0) is 0 Å². The molecule has 0 saturated heterocycles. The maximum Gasteiger partial charge on any atom is 0.276 e. The number of para-hydroxylation sites is 3. The Kier molecular flexibility index (Phi) is 4.86. The van der Waals surface area contributed by atoms with Gasteiger partial charge < -0.3 is 10.3 Å². The van der Waals surface area contributed by atoms with Crippen molar-refractivity contribution in [2.75, 3.05) is 0 Å². The van der Waals surface area contributed by atoms with Crippen molar-refractivity contribution in [1.82, 2.24) is 15.3 Å². The van der Waals surface area contributed by atoms with E-state index in [1.807, 2.05) is 30.3 Å². The number of benzene rings is 3. The molecule has 0 radical (unpaired) electrons. The molecule has 7 nitrogen and oxygen atoms in total. The fourth-order valence-corrected chi connectivity index (χ4v) is 2.96. The average Bonchev–Trinajstić information content (AvgIpc) is 3.18. The van der Waals surface area contributed by atoms with E-state index in [1.54, 1.807) is 48.5 Å². The number of aromatic amines is 1. The maximum absolute atomic E-state index is 12.7. The summed E-state index contributed by atoms with van der Waals surface area (Å²) in [5.74, 6) is 0.0736. The summed E-state index contributed by atoms with van der Waals surface area (Å²) in [5, 5.41) is 14.2. The third-order valence-corrected chi connectivity index (χ3v) is 4.36. The van der Waals surface area contributed by atoms with Crippen LogP contribution in [0.2, 0.25) is 0 Å². The molecule has 0 fully saturated rings. The molecule has 0 saturated carbocycles. The number of nitro benzene ring substituents is 1. The number of carbonyl (C=O) groups excluding carboxylic acids is 1. The van der Waals surface area contributed by atoms with E-state index in [4.69, 9.17) is 0 Å². The molecule has 0 aliphatic heterocycles. The largest absolute Gasteiger partial charge is 0.337 e. The summed E-state index contributed by atoms with van der Waals surface area (Å²) in [5.41, 5.74) is 2.63. The van der Waals surface area contributed by atoms with Gasteiger partial charge in [-0.15, -0.1) is 0 Å². The Morgan fingerprint density at radius 3 is 2.41 bits per heavy atom. The molecule has 1 heterocycles. The number of H-pyrrole nitrogens is 1. The summed E-state index contributed by atoms with van der Waals surface area (Å²) in [6, 6.07) is 22.5. The molecule has 29 heavy (non-hydrogen) atoms. The number of nitro groups is 1. The van der Waals surface area contributed by atoms with Crippen molar-refractivity contribution in [3.8, 4) is 0 Å². The van der Waals surface area contributed by atoms with Gasteiger partial charge in [-0.2, -0.15) is 0 Å². The smallest absolute Gasteiger partial charge is 0.276 e. The summed E-state index contributed by atoms with van der Waals surface area (Å²) in [4.78, 5) is 31.3. The van der Waals surface area contributed by atoms with E-state index in [-0.39, 0.29) is 11.6 Å². The van der Waals surface area contributed by atoms with Crippen LogP contribution < -0.4 is 5.32 Å². The van der Waals surface area contributed by atoms with Crippen molar-refractivity contribution in [3.05, 3.63) is 106 Å². The molecule has 0 unspecified atom stereocenters. The van der Waals surface area contributed by atoms with Crippen LogP contribution >= 0.6 is 0 Å². The lowest BCUT2D eigenvalue weighted by Crippen LogP contribution is -2.22. The molecule has 1 aromatic heterocycles. The predicted molar refractivity (Wildman–Crippen MR) is 111 cm³/mol. The number of hydrogen-bond donors (Lipinski definition) is 2. The Hall–Kier alpha value is -4.26. The number of fused-ring (bicyclic) bond motifs is 1. The summed E-state index contributed by atoms with van der Waals surface area (Å²) in [6.45, 7) is 0. The lowest BCUT2D eigenvalue weighted by atomic mass is 10.1. The summed E-state index contributed by atoms with van der Waals surface area (Å²) in [6.07, 6.45) is 1.55. The van der Waals surface area contributed by atoms with E-state index >= 15 is 0 Å². The normalized spacial score (nSPS) is 11.4. The SMILES string of the molecule is O=C(N/C(=C\c1ccccc1[N+](=O)[O-])c1nc2ccccc2[nH]1)c1ccccc1. The molecule has 0 aliphatic carbocycles. The summed E-state index contributed by atoms with van der Waals surface area (Å²) >= 11 is 0. The second-order valence-corrected chi connectivity index (χ2v) is 6.30. The van der Waals surface area contributed by atoms with Crippen molar-refractivity contribution in [3.63, 3.8) is 0 Å². The molecule has 4 aromatic rings. The minimum absolute atomic E-state index is 0.0601. The van der Waals surface area contributed by atoms with Crippen molar-refractivity contribution in [1.29, 1.82) is 0 Å². The van der Waals surface area contributed by atoms with E-state index in [0.29, 0.717) is 22.6 Å². The van der Waals surface area contributed by atoms with E-state index in [1.165, 1.54) is 6.07 Å². The highest BCUT2D eigenvalue weighted by atomic mass is 16.6. The van der Waals surface area contributed by atoms with Crippen LogP contribution in [0.4, 0.5) is 5.69 Å². The van der Waals surface area contributed by atoms with Crippen molar-refractivity contribution in [2.45, 2.75) is 0 Å². The molecule has 2 N–H and O–H groups in total. The van der Waals surface area contributed by atoms with Gasteiger partial charge in [0.15, 0.2) is 5.82 Å². The number of nitrogens with zero attached hydrogens (tertiary/aromatic N) is 2.